The molecule has 0 saturated heterocycles. The normalized spacial score (nSPS) is 10.2. The first-order chi connectivity index (χ1) is 9.20. The molecule has 19 heavy (non-hydrogen) atoms. The molecule has 0 aliphatic rings. The molecule has 0 spiro atoms. The van der Waals surface area contributed by atoms with E-state index >= 15 is 0 Å². The zero-order valence-corrected chi connectivity index (χ0v) is 11.2. The summed E-state index contributed by atoms with van der Waals surface area (Å²) in [6.45, 7) is 2.83. The van der Waals surface area contributed by atoms with E-state index in [0.717, 1.165) is 18.7 Å². The fourth-order valence-corrected chi connectivity index (χ4v) is 2.10. The van der Waals surface area contributed by atoms with Crippen LogP contribution in [0.1, 0.15) is 13.3 Å². The minimum atomic E-state index is -0.439. The van der Waals surface area contributed by atoms with E-state index in [4.69, 9.17) is 0 Å². The number of hydrogen-bond donors (Lipinski definition) is 2. The van der Waals surface area contributed by atoms with Crippen molar-refractivity contribution < 1.29 is 4.92 Å². The number of hydrogen-bond acceptors (Lipinski definition) is 6. The van der Waals surface area contributed by atoms with Gasteiger partial charge in [0.25, 0.3) is 0 Å². The van der Waals surface area contributed by atoms with Gasteiger partial charge in [0, 0.05) is 18.0 Å². The third-order valence-corrected chi connectivity index (χ3v) is 3.09. The van der Waals surface area contributed by atoms with E-state index in [1.807, 2.05) is 23.8 Å². The molecule has 0 aliphatic heterocycles. The highest BCUT2D eigenvalue weighted by atomic mass is 32.1. The van der Waals surface area contributed by atoms with Gasteiger partial charge in [0.15, 0.2) is 0 Å². The van der Waals surface area contributed by atoms with Crippen molar-refractivity contribution in [2.24, 2.45) is 0 Å². The minimum Gasteiger partial charge on any atom is -0.370 e. The summed E-state index contributed by atoms with van der Waals surface area (Å²) in [5.41, 5.74) is 0.765. The molecule has 0 amide bonds. The summed E-state index contributed by atoms with van der Waals surface area (Å²) in [5.74, 6) is 0.884. The van der Waals surface area contributed by atoms with Gasteiger partial charge in [0.05, 0.1) is 10.6 Å². The molecule has 0 atom stereocenters. The molecule has 2 aromatic rings. The van der Waals surface area contributed by atoms with E-state index in [-0.39, 0.29) is 11.5 Å². The summed E-state index contributed by atoms with van der Waals surface area (Å²) in [5, 5.41) is 20.8. The van der Waals surface area contributed by atoms with Crippen molar-refractivity contribution in [1.29, 1.82) is 0 Å². The second kappa shape index (κ2) is 6.14. The topological polar surface area (TPSA) is 80.1 Å². The molecule has 2 heterocycles. The van der Waals surface area contributed by atoms with E-state index in [1.54, 1.807) is 6.07 Å². The Labute approximate surface area is 114 Å². The van der Waals surface area contributed by atoms with Crippen LogP contribution in [0, 0.1) is 10.1 Å². The number of nitrogens with zero attached hydrogens (tertiary/aromatic N) is 2. The predicted octanol–water partition coefficient (Wildman–Crippen LogP) is 3.62. The molecule has 2 N–H and O–H groups in total. The standard InChI is InChI=1S/C12H14N4O2S/c1-2-6-13-11-4-3-10(16(17)18)12(15-11)14-9-5-7-19-8-9/h3-5,7-8H,2,6H2,1H3,(H2,13,14,15). The van der Waals surface area contributed by atoms with Gasteiger partial charge >= 0.3 is 5.69 Å². The van der Waals surface area contributed by atoms with Crippen molar-refractivity contribution in [1.82, 2.24) is 4.98 Å². The Morgan fingerprint density at radius 1 is 1.42 bits per heavy atom. The monoisotopic (exact) mass is 278 g/mol. The molecule has 0 fully saturated rings. The highest BCUT2D eigenvalue weighted by molar-refractivity contribution is 7.08. The first kappa shape index (κ1) is 13.3. The lowest BCUT2D eigenvalue weighted by Crippen LogP contribution is -2.05. The third-order valence-electron chi connectivity index (χ3n) is 2.41. The molecule has 0 aromatic carbocycles. The van der Waals surface area contributed by atoms with Crippen LogP contribution in [-0.2, 0) is 0 Å². The van der Waals surface area contributed by atoms with Crippen molar-refractivity contribution in [2.45, 2.75) is 13.3 Å². The molecular formula is C12H14N4O2S. The van der Waals surface area contributed by atoms with Crippen molar-refractivity contribution in [3.8, 4) is 0 Å². The first-order valence-electron chi connectivity index (χ1n) is 5.89. The Morgan fingerprint density at radius 2 is 2.26 bits per heavy atom. The average molecular weight is 278 g/mol. The van der Waals surface area contributed by atoms with Crippen LogP contribution in [0.15, 0.2) is 29.0 Å². The van der Waals surface area contributed by atoms with E-state index < -0.39 is 4.92 Å². The van der Waals surface area contributed by atoms with Gasteiger partial charge in [0.2, 0.25) is 5.82 Å². The second-order valence-corrected chi connectivity index (χ2v) is 4.67. The molecule has 0 bridgehead atoms. The van der Waals surface area contributed by atoms with Crippen LogP contribution in [0.2, 0.25) is 0 Å². The Morgan fingerprint density at radius 3 is 2.89 bits per heavy atom. The molecule has 0 saturated carbocycles. The van der Waals surface area contributed by atoms with Gasteiger partial charge in [-0.15, -0.1) is 0 Å². The van der Waals surface area contributed by atoms with Crippen molar-refractivity contribution in [3.05, 3.63) is 39.1 Å². The molecule has 7 heteroatoms. The van der Waals surface area contributed by atoms with Crippen LogP contribution < -0.4 is 10.6 Å². The Kier molecular flexibility index (Phi) is 4.30. The van der Waals surface area contributed by atoms with E-state index in [0.29, 0.717) is 5.82 Å². The van der Waals surface area contributed by atoms with Crippen molar-refractivity contribution >= 4 is 34.3 Å². The molecule has 2 aromatic heterocycles. The summed E-state index contributed by atoms with van der Waals surface area (Å²) in [6, 6.07) is 4.93. The van der Waals surface area contributed by atoms with Crippen LogP contribution >= 0.6 is 11.3 Å². The zero-order chi connectivity index (χ0) is 13.7. The second-order valence-electron chi connectivity index (χ2n) is 3.89. The summed E-state index contributed by atoms with van der Waals surface area (Å²) >= 11 is 1.52. The molecule has 0 unspecified atom stereocenters. The van der Waals surface area contributed by atoms with Gasteiger partial charge in [0.1, 0.15) is 5.82 Å². The van der Waals surface area contributed by atoms with Gasteiger partial charge in [-0.05, 0) is 23.9 Å². The quantitative estimate of drug-likeness (QED) is 0.623. The zero-order valence-electron chi connectivity index (χ0n) is 10.4. The Bertz CT molecular complexity index is 557. The molecule has 0 radical (unpaired) electrons. The van der Waals surface area contributed by atoms with Crippen LogP contribution in [0.5, 0.6) is 0 Å². The maximum atomic E-state index is 11.0. The fraction of sp³-hybridized carbons (Fsp3) is 0.250. The van der Waals surface area contributed by atoms with Gasteiger partial charge in [-0.1, -0.05) is 6.92 Å². The smallest absolute Gasteiger partial charge is 0.311 e. The maximum Gasteiger partial charge on any atom is 0.311 e. The number of rotatable bonds is 6. The lowest BCUT2D eigenvalue weighted by molar-refractivity contribution is -0.384. The van der Waals surface area contributed by atoms with Crippen LogP contribution in [0.3, 0.4) is 0 Å². The molecule has 0 aliphatic carbocycles. The Balaban J connectivity index is 2.27. The highest BCUT2D eigenvalue weighted by Gasteiger charge is 2.16. The van der Waals surface area contributed by atoms with E-state index in [9.17, 15) is 10.1 Å². The highest BCUT2D eigenvalue weighted by Crippen LogP contribution is 2.27. The summed E-state index contributed by atoms with van der Waals surface area (Å²) in [4.78, 5) is 14.8. The van der Waals surface area contributed by atoms with Crippen LogP contribution in [0.4, 0.5) is 23.0 Å². The SMILES string of the molecule is CCCNc1ccc([N+](=O)[O-])c(Nc2ccsc2)n1. The summed E-state index contributed by atoms with van der Waals surface area (Å²) in [7, 11) is 0. The number of nitro groups is 1. The predicted molar refractivity (Wildman–Crippen MR) is 77.3 cm³/mol. The Hall–Kier alpha value is -2.15. The largest absolute Gasteiger partial charge is 0.370 e. The summed E-state index contributed by atoms with van der Waals surface area (Å²) < 4.78 is 0. The number of aromatic nitrogens is 1. The number of pyridine rings is 1. The molecule has 100 valence electrons. The first-order valence-corrected chi connectivity index (χ1v) is 6.83. The molecule has 6 nitrogen and oxygen atoms in total. The number of nitrogens with one attached hydrogen (secondary N) is 2. The lowest BCUT2D eigenvalue weighted by Gasteiger charge is -2.08. The number of thiophene rings is 1. The van der Waals surface area contributed by atoms with Crippen molar-refractivity contribution in [2.75, 3.05) is 17.2 Å². The lowest BCUT2D eigenvalue weighted by atomic mass is 10.3. The van der Waals surface area contributed by atoms with Crippen molar-refractivity contribution in [3.63, 3.8) is 0 Å². The maximum absolute atomic E-state index is 11.0. The van der Waals surface area contributed by atoms with Gasteiger partial charge < -0.3 is 10.6 Å². The van der Waals surface area contributed by atoms with Crippen LogP contribution in [0.25, 0.3) is 0 Å². The van der Waals surface area contributed by atoms with Gasteiger partial charge in [-0.3, -0.25) is 10.1 Å². The van der Waals surface area contributed by atoms with Gasteiger partial charge in [-0.2, -0.15) is 11.3 Å². The van der Waals surface area contributed by atoms with Crippen LogP contribution in [-0.4, -0.2) is 16.5 Å². The molecule has 2 rings (SSSR count). The summed E-state index contributed by atoms with van der Waals surface area (Å²) in [6.07, 6.45) is 0.964. The van der Waals surface area contributed by atoms with E-state index in [1.165, 1.54) is 17.4 Å². The molecular weight excluding hydrogens is 264 g/mol. The number of anilines is 3. The van der Waals surface area contributed by atoms with Gasteiger partial charge in [-0.25, -0.2) is 4.98 Å². The van der Waals surface area contributed by atoms with E-state index in [2.05, 4.69) is 15.6 Å². The third kappa shape index (κ3) is 3.41. The average Bonchev–Trinajstić information content (AvgIpc) is 2.89. The fourth-order valence-electron chi connectivity index (χ4n) is 1.51. The minimum absolute atomic E-state index is 0.0340.